The van der Waals surface area contributed by atoms with Crippen LogP contribution in [0.3, 0.4) is 0 Å². The molecule has 0 aliphatic carbocycles. The maximum atomic E-state index is 12.8. The molecule has 11 heteroatoms. The van der Waals surface area contributed by atoms with E-state index >= 15 is 0 Å². The normalized spacial score (nSPS) is 12.7. The molecule has 0 saturated heterocycles. The third kappa shape index (κ3) is 4.35. The van der Waals surface area contributed by atoms with Gasteiger partial charge in [-0.15, -0.1) is 11.3 Å². The van der Waals surface area contributed by atoms with Gasteiger partial charge in [0.25, 0.3) is 5.91 Å². The number of rotatable bonds is 6. The standard InChI is InChI=1S/C19H22N4O6S/c1-5-29-18(26)15-11-6-7-23(10(2)24)9-13(11)30-17(15)22-16(25)12-8-14(27-3)21-19(20-12)28-4/h8H,5-7,9H2,1-4H3,(H,22,25). The number of anilines is 1. The number of esters is 1. The third-order valence-corrected chi connectivity index (χ3v) is 5.65. The predicted molar refractivity (Wildman–Crippen MR) is 108 cm³/mol. The first-order valence-corrected chi connectivity index (χ1v) is 10.0. The Kier molecular flexibility index (Phi) is 6.50. The smallest absolute Gasteiger partial charge is 0.341 e. The van der Waals surface area contributed by atoms with Gasteiger partial charge in [0, 0.05) is 24.4 Å². The van der Waals surface area contributed by atoms with Gasteiger partial charge in [-0.1, -0.05) is 0 Å². The number of ether oxygens (including phenoxy) is 3. The van der Waals surface area contributed by atoms with Gasteiger partial charge >= 0.3 is 12.0 Å². The SMILES string of the molecule is CCOC(=O)c1c(NC(=O)c2cc(OC)nc(OC)n2)sc2c1CCN(C(C)=O)C2. The molecule has 2 aromatic heterocycles. The van der Waals surface area contributed by atoms with Crippen LogP contribution in [0.1, 0.15) is 45.1 Å². The first-order valence-electron chi connectivity index (χ1n) is 9.23. The molecule has 1 N–H and O–H groups in total. The second-order valence-corrected chi connectivity index (χ2v) is 7.46. The Morgan fingerprint density at radius 1 is 1.23 bits per heavy atom. The molecule has 0 saturated carbocycles. The van der Waals surface area contributed by atoms with Crippen molar-refractivity contribution in [2.75, 3.05) is 32.7 Å². The van der Waals surface area contributed by atoms with Gasteiger partial charge < -0.3 is 24.4 Å². The van der Waals surface area contributed by atoms with Crippen molar-refractivity contribution >= 4 is 34.1 Å². The summed E-state index contributed by atoms with van der Waals surface area (Å²) in [6.07, 6.45) is 0.505. The average Bonchev–Trinajstić information content (AvgIpc) is 3.10. The van der Waals surface area contributed by atoms with Crippen LogP contribution in [-0.2, 0) is 22.5 Å². The fourth-order valence-electron chi connectivity index (χ4n) is 3.06. The number of fused-ring (bicyclic) bond motifs is 1. The molecule has 0 spiro atoms. The molecule has 2 aromatic rings. The summed E-state index contributed by atoms with van der Waals surface area (Å²) in [6.45, 7) is 4.30. The number of amides is 2. The van der Waals surface area contributed by atoms with E-state index in [4.69, 9.17) is 14.2 Å². The molecule has 0 bridgehead atoms. The van der Waals surface area contributed by atoms with Crippen molar-refractivity contribution < 1.29 is 28.6 Å². The molecular weight excluding hydrogens is 412 g/mol. The highest BCUT2D eigenvalue weighted by Gasteiger charge is 2.30. The van der Waals surface area contributed by atoms with Crippen LogP contribution < -0.4 is 14.8 Å². The van der Waals surface area contributed by atoms with E-state index in [9.17, 15) is 14.4 Å². The predicted octanol–water partition coefficient (Wildman–Crippen LogP) is 1.89. The van der Waals surface area contributed by atoms with Crippen molar-refractivity contribution in [1.82, 2.24) is 14.9 Å². The zero-order valence-corrected chi connectivity index (χ0v) is 17.9. The van der Waals surface area contributed by atoms with Gasteiger partial charge in [0.1, 0.15) is 10.7 Å². The van der Waals surface area contributed by atoms with Crippen LogP contribution in [0.15, 0.2) is 6.07 Å². The zero-order chi connectivity index (χ0) is 21.8. The van der Waals surface area contributed by atoms with Crippen LogP contribution in [-0.4, -0.2) is 60.0 Å². The second kappa shape index (κ2) is 9.08. The fraction of sp³-hybridized carbons (Fsp3) is 0.421. The Morgan fingerprint density at radius 3 is 2.63 bits per heavy atom. The Balaban J connectivity index is 1.96. The lowest BCUT2D eigenvalue weighted by molar-refractivity contribution is -0.129. The average molecular weight is 434 g/mol. The molecule has 30 heavy (non-hydrogen) atoms. The largest absolute Gasteiger partial charge is 0.481 e. The summed E-state index contributed by atoms with van der Waals surface area (Å²) in [6, 6.07) is 1.35. The summed E-state index contributed by atoms with van der Waals surface area (Å²) in [7, 11) is 2.79. The molecule has 3 rings (SSSR count). The van der Waals surface area contributed by atoms with E-state index in [2.05, 4.69) is 15.3 Å². The van der Waals surface area contributed by atoms with Crippen molar-refractivity contribution in [2.45, 2.75) is 26.8 Å². The molecule has 0 fully saturated rings. The molecule has 2 amide bonds. The van der Waals surface area contributed by atoms with Crippen molar-refractivity contribution in [2.24, 2.45) is 0 Å². The van der Waals surface area contributed by atoms with Crippen LogP contribution in [0, 0.1) is 0 Å². The molecule has 1 aliphatic rings. The summed E-state index contributed by atoms with van der Waals surface area (Å²) in [4.78, 5) is 47.7. The minimum Gasteiger partial charge on any atom is -0.481 e. The number of hydrogen-bond acceptors (Lipinski definition) is 9. The van der Waals surface area contributed by atoms with Crippen LogP contribution in [0.2, 0.25) is 0 Å². The van der Waals surface area contributed by atoms with E-state index in [-0.39, 0.29) is 30.1 Å². The van der Waals surface area contributed by atoms with Gasteiger partial charge in [-0.3, -0.25) is 9.59 Å². The lowest BCUT2D eigenvalue weighted by Crippen LogP contribution is -2.34. The van der Waals surface area contributed by atoms with Crippen molar-refractivity contribution in [3.63, 3.8) is 0 Å². The Hall–Kier alpha value is -3.21. The molecule has 0 atom stereocenters. The topological polar surface area (TPSA) is 120 Å². The van der Waals surface area contributed by atoms with Crippen molar-refractivity contribution in [3.8, 4) is 11.9 Å². The summed E-state index contributed by atoms with van der Waals surface area (Å²) in [5, 5.41) is 3.10. The highest BCUT2D eigenvalue weighted by atomic mass is 32.1. The zero-order valence-electron chi connectivity index (χ0n) is 17.1. The molecular formula is C19H22N4O6S. The van der Waals surface area contributed by atoms with Crippen molar-refractivity contribution in [3.05, 3.63) is 27.8 Å². The van der Waals surface area contributed by atoms with Gasteiger partial charge in [-0.2, -0.15) is 9.97 Å². The Labute approximate surface area is 177 Å². The van der Waals surface area contributed by atoms with Crippen LogP contribution in [0.4, 0.5) is 5.00 Å². The van der Waals surface area contributed by atoms with Gasteiger partial charge in [0.05, 0.1) is 32.9 Å². The first kappa shape index (κ1) is 21.5. The number of nitrogens with one attached hydrogen (secondary N) is 1. The lowest BCUT2D eigenvalue weighted by Gasteiger charge is -2.25. The minimum atomic E-state index is -0.554. The number of thiophene rings is 1. The van der Waals surface area contributed by atoms with E-state index in [1.165, 1.54) is 38.5 Å². The molecule has 1 aliphatic heterocycles. The maximum absolute atomic E-state index is 12.8. The molecule has 3 heterocycles. The van der Waals surface area contributed by atoms with E-state index in [1.807, 2.05) is 0 Å². The third-order valence-electron chi connectivity index (χ3n) is 4.52. The summed E-state index contributed by atoms with van der Waals surface area (Å²) < 4.78 is 15.3. The number of carbonyl (C=O) groups excluding carboxylic acids is 3. The number of carbonyl (C=O) groups is 3. The monoisotopic (exact) mass is 434 g/mol. The molecule has 0 unspecified atom stereocenters. The number of nitrogens with zero attached hydrogens (tertiary/aromatic N) is 3. The van der Waals surface area contributed by atoms with Gasteiger partial charge in [-0.05, 0) is 18.9 Å². The summed E-state index contributed by atoms with van der Waals surface area (Å²) >= 11 is 1.25. The van der Waals surface area contributed by atoms with Gasteiger partial charge in [-0.25, -0.2) is 4.79 Å². The van der Waals surface area contributed by atoms with Gasteiger partial charge in [0.15, 0.2) is 0 Å². The highest BCUT2D eigenvalue weighted by Crippen LogP contribution is 2.38. The van der Waals surface area contributed by atoms with E-state index in [1.54, 1.807) is 11.8 Å². The maximum Gasteiger partial charge on any atom is 0.341 e. The van der Waals surface area contributed by atoms with E-state index in [0.29, 0.717) is 30.1 Å². The van der Waals surface area contributed by atoms with Gasteiger partial charge in [0.2, 0.25) is 11.8 Å². The quantitative estimate of drug-likeness (QED) is 0.685. The number of methoxy groups -OCH3 is 2. The van der Waals surface area contributed by atoms with E-state index in [0.717, 1.165) is 10.4 Å². The van der Waals surface area contributed by atoms with E-state index < -0.39 is 11.9 Å². The van der Waals surface area contributed by atoms with Crippen LogP contribution in [0.5, 0.6) is 11.9 Å². The first-order chi connectivity index (χ1) is 14.4. The second-order valence-electron chi connectivity index (χ2n) is 6.36. The molecule has 0 aromatic carbocycles. The minimum absolute atomic E-state index is 0.0187. The summed E-state index contributed by atoms with van der Waals surface area (Å²) in [5.74, 6) is -0.946. The number of aromatic nitrogens is 2. The lowest BCUT2D eigenvalue weighted by atomic mass is 10.0. The van der Waals surface area contributed by atoms with Crippen LogP contribution >= 0.6 is 11.3 Å². The van der Waals surface area contributed by atoms with Crippen molar-refractivity contribution in [1.29, 1.82) is 0 Å². The summed E-state index contributed by atoms with van der Waals surface area (Å²) in [5.41, 5.74) is 1.13. The highest BCUT2D eigenvalue weighted by molar-refractivity contribution is 7.17. The van der Waals surface area contributed by atoms with Crippen LogP contribution in [0.25, 0.3) is 0 Å². The Bertz CT molecular complexity index is 967. The molecule has 160 valence electrons. The Morgan fingerprint density at radius 2 is 2.00 bits per heavy atom. The molecule has 0 radical (unpaired) electrons. The molecule has 10 nitrogen and oxygen atoms in total. The fourth-order valence-corrected chi connectivity index (χ4v) is 4.31. The number of hydrogen-bond donors (Lipinski definition) is 1.